The maximum absolute atomic E-state index is 12.1. The van der Waals surface area contributed by atoms with Crippen LogP contribution < -0.4 is 4.72 Å². The summed E-state index contributed by atoms with van der Waals surface area (Å²) in [4.78, 5) is 11.9. The lowest BCUT2D eigenvalue weighted by atomic mass is 10.00. The lowest BCUT2D eigenvalue weighted by molar-refractivity contribution is -0.118. The van der Waals surface area contributed by atoms with E-state index in [2.05, 4.69) is 9.88 Å². The zero-order chi connectivity index (χ0) is 17.8. The van der Waals surface area contributed by atoms with Crippen LogP contribution in [-0.2, 0) is 15.8 Å². The average molecular weight is 354 g/mol. The van der Waals surface area contributed by atoms with Crippen molar-refractivity contribution in [2.24, 2.45) is 0 Å². The minimum Gasteiger partial charge on any atom is -0.360 e. The molecule has 1 unspecified atom stereocenters. The third-order valence-electron chi connectivity index (χ3n) is 3.79. The number of carbonyl (C=O) groups excluding carboxylic acids is 1. The molecule has 2 aromatic carbocycles. The Bertz CT molecular complexity index is 902. The number of carbonyl (C=O) groups is 1. The summed E-state index contributed by atoms with van der Waals surface area (Å²) >= 11 is 0. The molecule has 3 aromatic rings. The fourth-order valence-corrected chi connectivity index (χ4v) is 3.34. The van der Waals surface area contributed by atoms with E-state index >= 15 is 0 Å². The van der Waals surface area contributed by atoms with E-state index < -0.39 is 11.0 Å². The molecule has 0 bridgehead atoms. The van der Waals surface area contributed by atoms with E-state index in [0.717, 1.165) is 22.4 Å². The van der Waals surface area contributed by atoms with Gasteiger partial charge in [0.25, 0.3) is 0 Å². The second-order valence-electron chi connectivity index (χ2n) is 5.50. The van der Waals surface area contributed by atoms with Gasteiger partial charge >= 0.3 is 0 Å². The van der Waals surface area contributed by atoms with Gasteiger partial charge in [-0.2, -0.15) is 0 Å². The first-order valence-corrected chi connectivity index (χ1v) is 9.08. The SMILES string of the molecule is CCC(=O)NS(=O)c1ccc(-c2c(-c3ccccc3)noc2C)cc1. The van der Waals surface area contributed by atoms with Crippen molar-refractivity contribution in [2.75, 3.05) is 0 Å². The number of aromatic nitrogens is 1. The van der Waals surface area contributed by atoms with Crippen LogP contribution in [0.15, 0.2) is 64.0 Å². The molecular weight excluding hydrogens is 336 g/mol. The lowest BCUT2D eigenvalue weighted by Crippen LogP contribution is -2.24. The molecule has 0 saturated heterocycles. The van der Waals surface area contributed by atoms with Gasteiger partial charge in [-0.1, -0.05) is 54.5 Å². The molecule has 1 N–H and O–H groups in total. The molecule has 0 aliphatic carbocycles. The molecule has 0 radical (unpaired) electrons. The van der Waals surface area contributed by atoms with Crippen LogP contribution in [0.2, 0.25) is 0 Å². The molecule has 0 aliphatic rings. The molecule has 3 rings (SSSR count). The summed E-state index contributed by atoms with van der Waals surface area (Å²) in [6.45, 7) is 3.58. The average Bonchev–Trinajstić information content (AvgIpc) is 3.04. The van der Waals surface area contributed by atoms with Crippen LogP contribution in [-0.4, -0.2) is 15.3 Å². The molecule has 5 nitrogen and oxygen atoms in total. The Morgan fingerprint density at radius 2 is 1.76 bits per heavy atom. The largest absolute Gasteiger partial charge is 0.360 e. The Balaban J connectivity index is 1.92. The monoisotopic (exact) mass is 354 g/mol. The van der Waals surface area contributed by atoms with Crippen LogP contribution in [0.1, 0.15) is 19.1 Å². The van der Waals surface area contributed by atoms with Gasteiger partial charge in [0.2, 0.25) is 5.91 Å². The van der Waals surface area contributed by atoms with Crippen molar-refractivity contribution in [1.82, 2.24) is 9.88 Å². The Kier molecular flexibility index (Phi) is 5.09. The predicted octanol–water partition coefficient (Wildman–Crippen LogP) is 3.87. The van der Waals surface area contributed by atoms with E-state index in [1.807, 2.05) is 49.4 Å². The fourth-order valence-electron chi connectivity index (χ4n) is 2.48. The van der Waals surface area contributed by atoms with Crippen LogP contribution in [0.4, 0.5) is 0 Å². The molecule has 1 heterocycles. The standard InChI is InChI=1S/C19H18N2O3S/c1-3-17(22)21-25(23)16-11-9-14(10-12-16)18-13(2)24-20-19(18)15-7-5-4-6-8-15/h4-12H,3H2,1-2H3,(H,21,22). The van der Waals surface area contributed by atoms with E-state index in [0.29, 0.717) is 17.1 Å². The molecule has 0 saturated carbocycles. The summed E-state index contributed by atoms with van der Waals surface area (Å²) in [6.07, 6.45) is 0.296. The molecule has 0 fully saturated rings. The normalized spacial score (nSPS) is 11.9. The first-order chi connectivity index (χ1) is 12.1. The van der Waals surface area contributed by atoms with Gasteiger partial charge in [0, 0.05) is 12.0 Å². The van der Waals surface area contributed by atoms with Crippen LogP contribution >= 0.6 is 0 Å². The Labute approximate surface area is 148 Å². The maximum Gasteiger partial charge on any atom is 0.231 e. The van der Waals surface area contributed by atoms with Crippen molar-refractivity contribution in [3.05, 3.63) is 60.4 Å². The molecule has 0 spiro atoms. The third-order valence-corrected chi connectivity index (χ3v) is 4.91. The van der Waals surface area contributed by atoms with Crippen molar-refractivity contribution >= 4 is 16.9 Å². The quantitative estimate of drug-likeness (QED) is 0.755. The van der Waals surface area contributed by atoms with Gasteiger partial charge < -0.3 is 4.52 Å². The third kappa shape index (κ3) is 3.69. The number of amides is 1. The van der Waals surface area contributed by atoms with E-state index in [1.165, 1.54) is 0 Å². The maximum atomic E-state index is 12.1. The van der Waals surface area contributed by atoms with Crippen LogP contribution in [0.3, 0.4) is 0 Å². The van der Waals surface area contributed by atoms with Crippen molar-refractivity contribution in [1.29, 1.82) is 0 Å². The highest BCUT2D eigenvalue weighted by Crippen LogP contribution is 2.34. The molecule has 6 heteroatoms. The Morgan fingerprint density at radius 3 is 2.40 bits per heavy atom. The predicted molar refractivity (Wildman–Crippen MR) is 97.0 cm³/mol. The van der Waals surface area contributed by atoms with E-state index in [-0.39, 0.29) is 5.91 Å². The fraction of sp³-hybridized carbons (Fsp3) is 0.158. The smallest absolute Gasteiger partial charge is 0.231 e. The van der Waals surface area contributed by atoms with E-state index in [9.17, 15) is 9.00 Å². The summed E-state index contributed by atoms with van der Waals surface area (Å²) in [7, 11) is -1.55. The zero-order valence-electron chi connectivity index (χ0n) is 14.0. The van der Waals surface area contributed by atoms with E-state index in [4.69, 9.17) is 4.52 Å². The minimum atomic E-state index is -1.55. The number of nitrogens with zero attached hydrogens (tertiary/aromatic N) is 1. The summed E-state index contributed by atoms with van der Waals surface area (Å²) in [5.41, 5.74) is 3.56. The number of nitrogens with one attached hydrogen (secondary N) is 1. The highest BCUT2D eigenvalue weighted by atomic mass is 32.2. The van der Waals surface area contributed by atoms with Gasteiger partial charge in [0.05, 0.1) is 10.5 Å². The second kappa shape index (κ2) is 7.44. The van der Waals surface area contributed by atoms with Crippen molar-refractivity contribution in [3.8, 4) is 22.4 Å². The number of hydrogen-bond acceptors (Lipinski definition) is 4. The van der Waals surface area contributed by atoms with Crippen LogP contribution in [0.25, 0.3) is 22.4 Å². The summed E-state index contributed by atoms with van der Waals surface area (Å²) in [5.74, 6) is 0.468. The number of hydrogen-bond donors (Lipinski definition) is 1. The molecule has 1 atom stereocenters. The van der Waals surface area contributed by atoms with E-state index in [1.54, 1.807) is 19.1 Å². The summed E-state index contributed by atoms with van der Waals surface area (Å²) < 4.78 is 19.9. The Hall–Kier alpha value is -2.73. The van der Waals surface area contributed by atoms with Gasteiger partial charge in [-0.15, -0.1) is 0 Å². The molecule has 0 aliphatic heterocycles. The van der Waals surface area contributed by atoms with Gasteiger partial charge in [-0.05, 0) is 24.6 Å². The van der Waals surface area contributed by atoms with Gasteiger partial charge in [0.15, 0.2) is 11.0 Å². The second-order valence-corrected chi connectivity index (χ2v) is 6.71. The first-order valence-electron chi connectivity index (χ1n) is 7.93. The topological polar surface area (TPSA) is 72.2 Å². The van der Waals surface area contributed by atoms with Gasteiger partial charge in [0.1, 0.15) is 11.5 Å². The number of aryl methyl sites for hydroxylation is 1. The highest BCUT2D eigenvalue weighted by molar-refractivity contribution is 7.83. The number of rotatable bonds is 5. The van der Waals surface area contributed by atoms with Crippen molar-refractivity contribution in [2.45, 2.75) is 25.2 Å². The number of benzene rings is 2. The first kappa shape index (κ1) is 17.1. The zero-order valence-corrected chi connectivity index (χ0v) is 14.8. The molecule has 25 heavy (non-hydrogen) atoms. The Morgan fingerprint density at radius 1 is 1.08 bits per heavy atom. The molecular formula is C19H18N2O3S. The van der Waals surface area contributed by atoms with Gasteiger partial charge in [-0.25, -0.2) is 4.21 Å². The highest BCUT2D eigenvalue weighted by Gasteiger charge is 2.17. The minimum absolute atomic E-state index is 0.247. The molecule has 1 aromatic heterocycles. The van der Waals surface area contributed by atoms with Gasteiger partial charge in [-0.3, -0.25) is 9.52 Å². The van der Waals surface area contributed by atoms with Crippen molar-refractivity contribution in [3.63, 3.8) is 0 Å². The molecule has 1 amide bonds. The van der Waals surface area contributed by atoms with Crippen LogP contribution in [0.5, 0.6) is 0 Å². The van der Waals surface area contributed by atoms with Crippen molar-refractivity contribution < 1.29 is 13.5 Å². The summed E-state index contributed by atoms with van der Waals surface area (Å²) in [5, 5.41) is 4.18. The summed E-state index contributed by atoms with van der Waals surface area (Å²) in [6, 6.07) is 17.0. The van der Waals surface area contributed by atoms with Crippen LogP contribution in [0, 0.1) is 6.92 Å². The molecule has 128 valence electrons. The lowest BCUT2D eigenvalue weighted by Gasteiger charge is -2.06.